The monoisotopic (exact) mass is 354 g/mol. The highest BCUT2D eigenvalue weighted by Crippen LogP contribution is 2.30. The lowest BCUT2D eigenvalue weighted by atomic mass is 9.98. The first kappa shape index (κ1) is 18.4. The van der Waals surface area contributed by atoms with Crippen molar-refractivity contribution in [2.45, 2.75) is 17.7 Å². The molecule has 1 aliphatic heterocycles. The molecule has 2 rings (SSSR count). The van der Waals surface area contributed by atoms with Crippen LogP contribution in [0.25, 0.3) is 0 Å². The van der Waals surface area contributed by atoms with Gasteiger partial charge in [-0.05, 0) is 50.0 Å². The largest absolute Gasteiger partial charge is 0.330 e. The number of nitrogens with zero attached hydrogens (tertiary/aromatic N) is 1. The Labute approximate surface area is 141 Å². The van der Waals surface area contributed by atoms with Crippen molar-refractivity contribution >= 4 is 47.4 Å². The molecule has 114 valence electrons. The highest BCUT2D eigenvalue weighted by atomic mass is 35.5. The molecule has 1 heterocycles. The predicted octanol–water partition coefficient (Wildman–Crippen LogP) is 4.18. The Balaban J connectivity index is 0.00000200. The maximum absolute atomic E-state index is 6.15. The molecule has 1 atom stereocenters. The van der Waals surface area contributed by atoms with Gasteiger partial charge in [-0.3, -0.25) is 0 Å². The zero-order valence-corrected chi connectivity index (χ0v) is 14.5. The van der Waals surface area contributed by atoms with Gasteiger partial charge in [0, 0.05) is 28.8 Å². The molecule has 1 aromatic carbocycles. The quantitative estimate of drug-likeness (QED) is 0.803. The van der Waals surface area contributed by atoms with Crippen LogP contribution >= 0.6 is 47.4 Å². The Morgan fingerprint density at radius 2 is 2.15 bits per heavy atom. The smallest absolute Gasteiger partial charge is 0.0542 e. The normalized spacial score (nSPS) is 19.6. The van der Waals surface area contributed by atoms with E-state index in [1.807, 2.05) is 18.2 Å². The number of benzene rings is 1. The second-order valence-corrected chi connectivity index (χ2v) is 6.95. The van der Waals surface area contributed by atoms with Crippen molar-refractivity contribution in [1.29, 1.82) is 0 Å². The molecule has 2 N–H and O–H groups in total. The first-order valence-corrected chi connectivity index (χ1v) is 8.43. The van der Waals surface area contributed by atoms with Crippen LogP contribution in [-0.4, -0.2) is 36.8 Å². The highest BCUT2D eigenvalue weighted by Gasteiger charge is 2.18. The zero-order chi connectivity index (χ0) is 13.7. The molecule has 0 spiro atoms. The maximum atomic E-state index is 6.15. The molecule has 1 aromatic rings. The average Bonchev–Trinajstić information content (AvgIpc) is 2.43. The van der Waals surface area contributed by atoms with Crippen molar-refractivity contribution in [3.8, 4) is 0 Å². The number of likely N-dealkylation sites (tertiary alicyclic amines) is 1. The number of thioether (sulfide) groups is 1. The Morgan fingerprint density at radius 3 is 2.90 bits per heavy atom. The minimum Gasteiger partial charge on any atom is -0.330 e. The minimum atomic E-state index is 0. The molecule has 0 bridgehead atoms. The van der Waals surface area contributed by atoms with E-state index < -0.39 is 0 Å². The molecule has 0 amide bonds. The van der Waals surface area contributed by atoms with Gasteiger partial charge in [0.2, 0.25) is 0 Å². The van der Waals surface area contributed by atoms with Crippen LogP contribution in [0.4, 0.5) is 0 Å². The van der Waals surface area contributed by atoms with Gasteiger partial charge in [-0.2, -0.15) is 0 Å². The van der Waals surface area contributed by atoms with E-state index in [4.69, 9.17) is 28.9 Å². The fourth-order valence-corrected chi connectivity index (χ4v) is 3.92. The van der Waals surface area contributed by atoms with Gasteiger partial charge < -0.3 is 10.6 Å². The van der Waals surface area contributed by atoms with E-state index >= 15 is 0 Å². The summed E-state index contributed by atoms with van der Waals surface area (Å²) in [6.45, 7) is 4.23. The molecular weight excluding hydrogens is 335 g/mol. The van der Waals surface area contributed by atoms with Crippen molar-refractivity contribution in [3.05, 3.63) is 28.2 Å². The molecule has 1 saturated heterocycles. The van der Waals surface area contributed by atoms with E-state index in [9.17, 15) is 0 Å². The van der Waals surface area contributed by atoms with Gasteiger partial charge in [0.1, 0.15) is 0 Å². The van der Waals surface area contributed by atoms with Crippen LogP contribution in [0, 0.1) is 5.92 Å². The topological polar surface area (TPSA) is 29.3 Å². The number of piperidine rings is 1. The van der Waals surface area contributed by atoms with Gasteiger partial charge in [-0.15, -0.1) is 24.2 Å². The molecule has 1 aliphatic rings. The molecular formula is C14H21Cl3N2S. The van der Waals surface area contributed by atoms with E-state index in [1.165, 1.54) is 19.4 Å². The summed E-state index contributed by atoms with van der Waals surface area (Å²) in [4.78, 5) is 3.58. The van der Waals surface area contributed by atoms with Gasteiger partial charge in [0.15, 0.2) is 0 Å². The van der Waals surface area contributed by atoms with E-state index in [2.05, 4.69) is 4.90 Å². The van der Waals surface area contributed by atoms with Gasteiger partial charge in [-0.1, -0.05) is 23.2 Å². The minimum absolute atomic E-state index is 0. The van der Waals surface area contributed by atoms with E-state index in [0.717, 1.165) is 40.3 Å². The van der Waals surface area contributed by atoms with Crippen LogP contribution in [0.15, 0.2) is 23.1 Å². The third-order valence-electron chi connectivity index (χ3n) is 3.49. The van der Waals surface area contributed by atoms with Crippen molar-refractivity contribution in [2.24, 2.45) is 11.7 Å². The summed E-state index contributed by atoms with van der Waals surface area (Å²) in [7, 11) is 0. The Morgan fingerprint density at radius 1 is 1.35 bits per heavy atom. The number of hydrogen-bond acceptors (Lipinski definition) is 3. The second kappa shape index (κ2) is 9.39. The first-order chi connectivity index (χ1) is 9.19. The SMILES string of the molecule is Cl.NCC1CCCN(CCSc2cc(Cl)ccc2Cl)C1. The number of halogens is 3. The molecule has 0 radical (unpaired) electrons. The van der Waals surface area contributed by atoms with Crippen LogP contribution in [0.3, 0.4) is 0 Å². The third kappa shape index (κ3) is 5.63. The molecule has 2 nitrogen and oxygen atoms in total. The molecule has 1 unspecified atom stereocenters. The summed E-state index contributed by atoms with van der Waals surface area (Å²) < 4.78 is 0. The summed E-state index contributed by atoms with van der Waals surface area (Å²) in [5.41, 5.74) is 5.76. The molecule has 0 saturated carbocycles. The van der Waals surface area contributed by atoms with Crippen LogP contribution < -0.4 is 5.73 Å². The average molecular weight is 356 g/mol. The van der Waals surface area contributed by atoms with Gasteiger partial charge >= 0.3 is 0 Å². The van der Waals surface area contributed by atoms with Crippen LogP contribution in [0.5, 0.6) is 0 Å². The summed E-state index contributed by atoms with van der Waals surface area (Å²) >= 11 is 13.9. The van der Waals surface area contributed by atoms with Gasteiger partial charge in [0.25, 0.3) is 0 Å². The summed E-state index contributed by atoms with van der Waals surface area (Å²) in [5.74, 6) is 1.71. The summed E-state index contributed by atoms with van der Waals surface area (Å²) in [5, 5.41) is 1.53. The number of nitrogens with two attached hydrogens (primary N) is 1. The van der Waals surface area contributed by atoms with E-state index in [1.54, 1.807) is 11.8 Å². The lowest BCUT2D eigenvalue weighted by Crippen LogP contribution is -2.39. The lowest BCUT2D eigenvalue weighted by molar-refractivity contribution is 0.188. The van der Waals surface area contributed by atoms with E-state index in [0.29, 0.717) is 5.92 Å². The van der Waals surface area contributed by atoms with Crippen molar-refractivity contribution in [1.82, 2.24) is 4.90 Å². The van der Waals surface area contributed by atoms with E-state index in [-0.39, 0.29) is 12.4 Å². The Kier molecular flexibility index (Phi) is 8.64. The zero-order valence-electron chi connectivity index (χ0n) is 11.4. The molecule has 0 aromatic heterocycles. The third-order valence-corrected chi connectivity index (χ3v) is 5.21. The van der Waals surface area contributed by atoms with Crippen LogP contribution in [0.2, 0.25) is 10.0 Å². The Hall–Kier alpha value is 0.360. The van der Waals surface area contributed by atoms with Gasteiger partial charge in [0.05, 0.1) is 5.02 Å². The maximum Gasteiger partial charge on any atom is 0.0542 e. The fourth-order valence-electron chi connectivity index (χ4n) is 2.42. The van der Waals surface area contributed by atoms with Crippen LogP contribution in [-0.2, 0) is 0 Å². The number of rotatable bonds is 5. The van der Waals surface area contributed by atoms with Crippen LogP contribution in [0.1, 0.15) is 12.8 Å². The van der Waals surface area contributed by atoms with Crippen molar-refractivity contribution < 1.29 is 0 Å². The van der Waals surface area contributed by atoms with Gasteiger partial charge in [-0.25, -0.2) is 0 Å². The first-order valence-electron chi connectivity index (χ1n) is 6.69. The molecule has 20 heavy (non-hydrogen) atoms. The second-order valence-electron chi connectivity index (χ2n) is 4.97. The summed E-state index contributed by atoms with van der Waals surface area (Å²) in [6, 6.07) is 5.62. The molecule has 0 aliphatic carbocycles. The van der Waals surface area contributed by atoms with Crippen molar-refractivity contribution in [2.75, 3.05) is 31.9 Å². The molecule has 1 fully saturated rings. The highest BCUT2D eigenvalue weighted by molar-refractivity contribution is 7.99. The predicted molar refractivity (Wildman–Crippen MR) is 92.7 cm³/mol. The Bertz CT molecular complexity index is 417. The lowest BCUT2D eigenvalue weighted by Gasteiger charge is -2.31. The fraction of sp³-hybridized carbons (Fsp3) is 0.571. The standard InChI is InChI=1S/C14H20Cl2N2S.ClH/c15-12-3-4-13(16)14(8-12)19-7-6-18-5-1-2-11(9-17)10-18;/h3-4,8,11H,1-2,5-7,9-10,17H2;1H. The van der Waals surface area contributed by atoms with Crippen molar-refractivity contribution in [3.63, 3.8) is 0 Å². The number of hydrogen-bond donors (Lipinski definition) is 1. The molecule has 6 heteroatoms. The summed E-state index contributed by atoms with van der Waals surface area (Å²) in [6.07, 6.45) is 2.55.